The topological polar surface area (TPSA) is 43.3 Å². The van der Waals surface area contributed by atoms with E-state index in [9.17, 15) is 0 Å². The van der Waals surface area contributed by atoms with E-state index in [-0.39, 0.29) is 0 Å². The Kier molecular flexibility index (Phi) is 2.75. The Balaban J connectivity index is 2.32. The molecule has 0 saturated carbocycles. The summed E-state index contributed by atoms with van der Waals surface area (Å²) in [5.41, 5.74) is 10.4. The molecule has 3 nitrogen and oxygen atoms in total. The van der Waals surface area contributed by atoms with Gasteiger partial charge in [0.25, 0.3) is 0 Å². The van der Waals surface area contributed by atoms with Crippen molar-refractivity contribution in [2.45, 2.75) is 19.8 Å². The molecule has 2 heterocycles. The Morgan fingerprint density at radius 1 is 1.00 bits per heavy atom. The number of hydrogen-bond donors (Lipinski definition) is 1. The zero-order valence-corrected chi connectivity index (χ0v) is 11.2. The summed E-state index contributed by atoms with van der Waals surface area (Å²) in [6.45, 7) is 4.22. The first-order valence-corrected chi connectivity index (χ1v) is 6.50. The predicted molar refractivity (Wildman–Crippen MR) is 79.1 cm³/mol. The van der Waals surface area contributed by atoms with Crippen molar-refractivity contribution in [3.8, 4) is 11.3 Å². The lowest BCUT2D eigenvalue weighted by Crippen LogP contribution is -2.00. The number of pyridine rings is 1. The highest BCUT2D eigenvalue weighted by atomic mass is 15.1. The molecule has 2 aromatic heterocycles. The highest BCUT2D eigenvalue weighted by Gasteiger charge is 2.14. The van der Waals surface area contributed by atoms with Gasteiger partial charge in [-0.1, -0.05) is 50.2 Å². The van der Waals surface area contributed by atoms with Gasteiger partial charge in [-0.25, -0.2) is 4.98 Å². The van der Waals surface area contributed by atoms with Crippen LogP contribution in [0.5, 0.6) is 0 Å². The van der Waals surface area contributed by atoms with Crippen LogP contribution in [0.25, 0.3) is 16.9 Å². The number of nitrogen functional groups attached to an aromatic ring is 1. The first kappa shape index (κ1) is 11.8. The second-order valence-corrected chi connectivity index (χ2v) is 5.01. The largest absolute Gasteiger partial charge is 0.383 e. The van der Waals surface area contributed by atoms with E-state index >= 15 is 0 Å². The van der Waals surface area contributed by atoms with Crippen LogP contribution in [0.1, 0.15) is 25.5 Å². The fourth-order valence-electron chi connectivity index (χ4n) is 2.39. The van der Waals surface area contributed by atoms with Crippen LogP contribution < -0.4 is 5.73 Å². The Hall–Kier alpha value is -2.29. The van der Waals surface area contributed by atoms with Gasteiger partial charge >= 0.3 is 0 Å². The third-order valence-corrected chi connectivity index (χ3v) is 3.32. The van der Waals surface area contributed by atoms with Gasteiger partial charge in [0.2, 0.25) is 0 Å². The lowest BCUT2D eigenvalue weighted by Gasteiger charge is -2.07. The van der Waals surface area contributed by atoms with Crippen LogP contribution in [0.2, 0.25) is 0 Å². The van der Waals surface area contributed by atoms with Gasteiger partial charge in [-0.15, -0.1) is 0 Å². The van der Waals surface area contributed by atoms with Crippen LogP contribution in [0.3, 0.4) is 0 Å². The third kappa shape index (κ3) is 1.87. The van der Waals surface area contributed by atoms with Crippen LogP contribution in [0.4, 0.5) is 5.82 Å². The SMILES string of the molecule is CC(C)c1nc2cccc(-c3ccccc3)n2c1N. The number of anilines is 1. The molecule has 0 atom stereocenters. The molecule has 0 fully saturated rings. The van der Waals surface area contributed by atoms with E-state index in [1.165, 1.54) is 0 Å². The second-order valence-electron chi connectivity index (χ2n) is 5.01. The smallest absolute Gasteiger partial charge is 0.139 e. The zero-order valence-electron chi connectivity index (χ0n) is 11.2. The molecule has 0 amide bonds. The summed E-state index contributed by atoms with van der Waals surface area (Å²) in [6, 6.07) is 16.3. The third-order valence-electron chi connectivity index (χ3n) is 3.32. The molecular formula is C16H17N3. The second kappa shape index (κ2) is 4.43. The van der Waals surface area contributed by atoms with E-state index in [4.69, 9.17) is 5.73 Å². The van der Waals surface area contributed by atoms with Crippen molar-refractivity contribution in [2.24, 2.45) is 0 Å². The summed E-state index contributed by atoms with van der Waals surface area (Å²) in [6.07, 6.45) is 0. The van der Waals surface area contributed by atoms with E-state index < -0.39 is 0 Å². The van der Waals surface area contributed by atoms with E-state index in [1.807, 2.05) is 34.7 Å². The van der Waals surface area contributed by atoms with Crippen molar-refractivity contribution < 1.29 is 0 Å². The van der Waals surface area contributed by atoms with Gasteiger partial charge in [0.15, 0.2) is 0 Å². The van der Waals surface area contributed by atoms with E-state index in [2.05, 4.69) is 37.0 Å². The lowest BCUT2D eigenvalue weighted by molar-refractivity contribution is 0.838. The highest BCUT2D eigenvalue weighted by molar-refractivity contribution is 5.68. The molecule has 0 aliphatic rings. The van der Waals surface area contributed by atoms with Gasteiger partial charge in [-0.3, -0.25) is 4.40 Å². The molecule has 0 aliphatic carbocycles. The average Bonchev–Trinajstić information content (AvgIpc) is 2.78. The minimum Gasteiger partial charge on any atom is -0.383 e. The normalized spacial score (nSPS) is 11.3. The van der Waals surface area contributed by atoms with Crippen molar-refractivity contribution in [1.82, 2.24) is 9.38 Å². The maximum absolute atomic E-state index is 6.28. The van der Waals surface area contributed by atoms with E-state index in [0.717, 1.165) is 28.4 Å². The highest BCUT2D eigenvalue weighted by Crippen LogP contribution is 2.28. The Morgan fingerprint density at radius 2 is 1.74 bits per heavy atom. The van der Waals surface area contributed by atoms with Crippen molar-refractivity contribution in [3.63, 3.8) is 0 Å². The van der Waals surface area contributed by atoms with Gasteiger partial charge in [-0.2, -0.15) is 0 Å². The van der Waals surface area contributed by atoms with Crippen LogP contribution in [0, 0.1) is 0 Å². The fourth-order valence-corrected chi connectivity index (χ4v) is 2.39. The molecule has 0 unspecified atom stereocenters. The molecule has 19 heavy (non-hydrogen) atoms. The molecule has 3 heteroatoms. The number of nitrogens with two attached hydrogens (primary N) is 1. The van der Waals surface area contributed by atoms with Crippen LogP contribution in [-0.4, -0.2) is 9.38 Å². The fraction of sp³-hybridized carbons (Fsp3) is 0.188. The summed E-state index contributed by atoms with van der Waals surface area (Å²) in [7, 11) is 0. The lowest BCUT2D eigenvalue weighted by atomic mass is 10.1. The molecule has 0 aliphatic heterocycles. The molecule has 0 spiro atoms. The Bertz CT molecular complexity index is 711. The van der Waals surface area contributed by atoms with Gasteiger partial charge in [0.05, 0.1) is 11.4 Å². The maximum Gasteiger partial charge on any atom is 0.139 e. The van der Waals surface area contributed by atoms with Crippen molar-refractivity contribution in [3.05, 3.63) is 54.2 Å². The molecule has 1 aromatic carbocycles. The first-order valence-electron chi connectivity index (χ1n) is 6.50. The van der Waals surface area contributed by atoms with Crippen molar-refractivity contribution >= 4 is 11.5 Å². The van der Waals surface area contributed by atoms with Gasteiger partial charge in [0, 0.05) is 0 Å². The molecular weight excluding hydrogens is 234 g/mol. The summed E-state index contributed by atoms with van der Waals surface area (Å²) in [4.78, 5) is 4.64. The molecule has 3 rings (SSSR count). The van der Waals surface area contributed by atoms with E-state index in [0.29, 0.717) is 5.92 Å². The van der Waals surface area contributed by atoms with Crippen LogP contribution in [-0.2, 0) is 0 Å². The van der Waals surface area contributed by atoms with Gasteiger partial charge in [0.1, 0.15) is 11.5 Å². The summed E-state index contributed by atoms with van der Waals surface area (Å²) >= 11 is 0. The minimum atomic E-state index is 0.323. The van der Waals surface area contributed by atoms with Gasteiger partial charge < -0.3 is 5.73 Å². The summed E-state index contributed by atoms with van der Waals surface area (Å²) in [5, 5.41) is 0. The Morgan fingerprint density at radius 3 is 2.42 bits per heavy atom. The number of nitrogens with zero attached hydrogens (tertiary/aromatic N) is 2. The predicted octanol–water partition coefficient (Wildman–Crippen LogP) is 3.71. The zero-order chi connectivity index (χ0) is 13.4. The number of imidazole rings is 1. The quantitative estimate of drug-likeness (QED) is 0.754. The van der Waals surface area contributed by atoms with Gasteiger partial charge in [-0.05, 0) is 23.6 Å². The number of rotatable bonds is 2. The van der Waals surface area contributed by atoms with Crippen LogP contribution in [0.15, 0.2) is 48.5 Å². The number of aromatic nitrogens is 2. The number of hydrogen-bond acceptors (Lipinski definition) is 2. The molecule has 3 aromatic rings. The summed E-state index contributed by atoms with van der Waals surface area (Å²) in [5.74, 6) is 1.06. The monoisotopic (exact) mass is 251 g/mol. The molecule has 0 bridgehead atoms. The maximum atomic E-state index is 6.28. The molecule has 2 N–H and O–H groups in total. The number of fused-ring (bicyclic) bond motifs is 1. The first-order chi connectivity index (χ1) is 9.18. The summed E-state index contributed by atoms with van der Waals surface area (Å²) < 4.78 is 2.03. The van der Waals surface area contributed by atoms with Crippen molar-refractivity contribution in [2.75, 3.05) is 5.73 Å². The molecule has 0 radical (unpaired) electrons. The average molecular weight is 251 g/mol. The number of benzene rings is 1. The standard InChI is InChI=1S/C16H17N3/c1-11(2)15-16(17)19-13(9-6-10-14(19)18-15)12-7-4-3-5-8-12/h3-11H,17H2,1-2H3. The molecule has 0 saturated heterocycles. The van der Waals surface area contributed by atoms with Crippen molar-refractivity contribution in [1.29, 1.82) is 0 Å². The molecule has 96 valence electrons. The Labute approximate surface area is 112 Å². The van der Waals surface area contributed by atoms with E-state index in [1.54, 1.807) is 0 Å². The van der Waals surface area contributed by atoms with Crippen LogP contribution >= 0.6 is 0 Å². The minimum absolute atomic E-state index is 0.323.